The molecule has 1 rings (SSSR count). The summed E-state index contributed by atoms with van der Waals surface area (Å²) < 4.78 is 28.7. The lowest BCUT2D eigenvalue weighted by molar-refractivity contribution is 0.0146. The van der Waals surface area contributed by atoms with E-state index in [2.05, 4.69) is 24.4 Å². The molecule has 0 bridgehead atoms. The summed E-state index contributed by atoms with van der Waals surface area (Å²) in [6, 6.07) is 8.46. The second-order valence-electron chi connectivity index (χ2n) is 4.37. The average Bonchev–Trinajstić information content (AvgIpc) is 2.35. The van der Waals surface area contributed by atoms with Crippen LogP contribution in [0.15, 0.2) is 24.3 Å². The monoisotopic (exact) mass is 257 g/mol. The smallest absolute Gasteiger partial charge is 0.261 e. The van der Waals surface area contributed by atoms with E-state index in [4.69, 9.17) is 4.74 Å². The minimum Gasteiger partial charge on any atom is -0.375 e. The molecule has 0 saturated carbocycles. The molecular weight excluding hydrogens is 236 g/mol. The van der Waals surface area contributed by atoms with Gasteiger partial charge in [-0.2, -0.15) is 0 Å². The van der Waals surface area contributed by atoms with Gasteiger partial charge in [-0.3, -0.25) is 0 Å². The molecular formula is C14H21F2NO. The van der Waals surface area contributed by atoms with Gasteiger partial charge in [0, 0.05) is 12.6 Å². The molecule has 0 aliphatic carbocycles. The Balaban J connectivity index is 2.36. The topological polar surface area (TPSA) is 21.3 Å². The fraction of sp³-hybridized carbons (Fsp3) is 0.571. The van der Waals surface area contributed by atoms with Crippen LogP contribution >= 0.6 is 0 Å². The van der Waals surface area contributed by atoms with Crippen molar-refractivity contribution >= 4 is 0 Å². The Labute approximate surface area is 107 Å². The normalized spacial score (nSPS) is 12.9. The molecule has 0 radical (unpaired) electrons. The van der Waals surface area contributed by atoms with Crippen molar-refractivity contribution in [2.24, 2.45) is 0 Å². The Morgan fingerprint density at radius 1 is 1.28 bits per heavy atom. The summed E-state index contributed by atoms with van der Waals surface area (Å²) in [4.78, 5) is 0. The molecule has 102 valence electrons. The maximum atomic E-state index is 11.9. The van der Waals surface area contributed by atoms with E-state index in [0.29, 0.717) is 6.61 Å². The molecule has 0 amide bonds. The zero-order valence-corrected chi connectivity index (χ0v) is 11.0. The Bertz CT molecular complexity index is 344. The van der Waals surface area contributed by atoms with Crippen LogP contribution in [0.4, 0.5) is 8.78 Å². The van der Waals surface area contributed by atoms with Crippen molar-refractivity contribution in [2.75, 3.05) is 20.3 Å². The number of aryl methyl sites for hydroxylation is 1. The maximum absolute atomic E-state index is 11.9. The van der Waals surface area contributed by atoms with E-state index in [1.54, 1.807) is 0 Å². The lowest BCUT2D eigenvalue weighted by atomic mass is 10.00. The van der Waals surface area contributed by atoms with E-state index in [1.165, 1.54) is 11.1 Å². The third kappa shape index (κ3) is 5.56. The third-order valence-corrected chi connectivity index (χ3v) is 2.99. The fourth-order valence-electron chi connectivity index (χ4n) is 1.85. The number of halogens is 2. The number of likely N-dealkylation sites (N-methyl/N-ethyl adjacent to an activating group) is 1. The van der Waals surface area contributed by atoms with Crippen LogP contribution in [0.25, 0.3) is 0 Å². The molecule has 0 spiro atoms. The molecule has 18 heavy (non-hydrogen) atoms. The molecule has 4 heteroatoms. The summed E-state index contributed by atoms with van der Waals surface area (Å²) in [7, 11) is 1.88. The molecule has 1 N–H and O–H groups in total. The highest BCUT2D eigenvalue weighted by molar-refractivity contribution is 5.26. The van der Waals surface area contributed by atoms with Crippen LogP contribution in [0, 0.1) is 6.92 Å². The van der Waals surface area contributed by atoms with Crippen LogP contribution in [0.2, 0.25) is 0 Å². The van der Waals surface area contributed by atoms with Crippen molar-refractivity contribution in [3.05, 3.63) is 35.4 Å². The molecule has 0 aliphatic rings. The summed E-state index contributed by atoms with van der Waals surface area (Å²) in [5.41, 5.74) is 2.54. The Hall–Kier alpha value is -1.00. The minimum absolute atomic E-state index is 0.253. The molecule has 1 aromatic rings. The predicted octanol–water partition coefficient (Wildman–Crippen LogP) is 2.80. The van der Waals surface area contributed by atoms with Crippen LogP contribution in [0.3, 0.4) is 0 Å². The van der Waals surface area contributed by atoms with Gasteiger partial charge in [0.05, 0.1) is 0 Å². The molecule has 1 aromatic carbocycles. The highest BCUT2D eigenvalue weighted by Crippen LogP contribution is 2.11. The van der Waals surface area contributed by atoms with Crippen LogP contribution in [0.1, 0.15) is 17.5 Å². The first-order valence-electron chi connectivity index (χ1n) is 6.21. The molecule has 2 nitrogen and oxygen atoms in total. The highest BCUT2D eigenvalue weighted by Gasteiger charge is 2.09. The van der Waals surface area contributed by atoms with E-state index < -0.39 is 13.0 Å². The van der Waals surface area contributed by atoms with Gasteiger partial charge in [-0.1, -0.05) is 24.3 Å². The summed E-state index contributed by atoms with van der Waals surface area (Å²) in [5.74, 6) is 0. The molecule has 0 fully saturated rings. The van der Waals surface area contributed by atoms with Crippen molar-refractivity contribution in [1.82, 2.24) is 5.32 Å². The largest absolute Gasteiger partial charge is 0.375 e. The van der Waals surface area contributed by atoms with E-state index in [-0.39, 0.29) is 6.04 Å². The maximum Gasteiger partial charge on any atom is 0.261 e. The van der Waals surface area contributed by atoms with Gasteiger partial charge in [0.25, 0.3) is 6.43 Å². The second kappa shape index (κ2) is 8.16. The summed E-state index contributed by atoms with van der Waals surface area (Å²) in [6.07, 6.45) is -0.756. The third-order valence-electron chi connectivity index (χ3n) is 2.99. The van der Waals surface area contributed by atoms with Gasteiger partial charge in [-0.15, -0.1) is 0 Å². The lowest BCUT2D eigenvalue weighted by Gasteiger charge is -2.17. The molecule has 0 heterocycles. The molecule has 0 aromatic heterocycles. The van der Waals surface area contributed by atoms with Crippen LogP contribution in [-0.4, -0.2) is 32.7 Å². The number of ether oxygens (including phenoxy) is 1. The van der Waals surface area contributed by atoms with Crippen molar-refractivity contribution < 1.29 is 13.5 Å². The van der Waals surface area contributed by atoms with E-state index in [1.807, 2.05) is 19.2 Å². The van der Waals surface area contributed by atoms with Crippen LogP contribution < -0.4 is 5.32 Å². The fourth-order valence-corrected chi connectivity index (χ4v) is 1.85. The van der Waals surface area contributed by atoms with E-state index >= 15 is 0 Å². The number of alkyl halides is 2. The molecule has 0 aliphatic heterocycles. The predicted molar refractivity (Wildman–Crippen MR) is 69.2 cm³/mol. The first-order valence-corrected chi connectivity index (χ1v) is 6.21. The van der Waals surface area contributed by atoms with Gasteiger partial charge in [-0.05, 0) is 37.9 Å². The average molecular weight is 257 g/mol. The molecule has 1 unspecified atom stereocenters. The zero-order valence-electron chi connectivity index (χ0n) is 11.0. The standard InChI is InChI=1S/C14H21F2NO/c1-11-5-3-4-6-12(11)9-13(17-2)7-8-18-10-14(15)16/h3-6,13-14,17H,7-10H2,1-2H3. The molecule has 1 atom stereocenters. The first kappa shape index (κ1) is 15.1. The molecule has 0 saturated heterocycles. The summed E-state index contributed by atoms with van der Waals surface area (Å²) in [6.45, 7) is 1.97. The number of rotatable bonds is 8. The summed E-state index contributed by atoms with van der Waals surface area (Å²) >= 11 is 0. The SMILES string of the molecule is CNC(CCOCC(F)F)Cc1ccccc1C. The van der Waals surface area contributed by atoms with E-state index in [9.17, 15) is 8.78 Å². The second-order valence-corrected chi connectivity index (χ2v) is 4.37. The van der Waals surface area contributed by atoms with Gasteiger partial charge < -0.3 is 10.1 Å². The van der Waals surface area contributed by atoms with Gasteiger partial charge in [0.2, 0.25) is 0 Å². The van der Waals surface area contributed by atoms with Crippen molar-refractivity contribution in [3.8, 4) is 0 Å². The Morgan fingerprint density at radius 2 is 2.00 bits per heavy atom. The van der Waals surface area contributed by atoms with Crippen molar-refractivity contribution in [2.45, 2.75) is 32.2 Å². The van der Waals surface area contributed by atoms with Gasteiger partial charge in [0.1, 0.15) is 6.61 Å². The van der Waals surface area contributed by atoms with Gasteiger partial charge in [0.15, 0.2) is 0 Å². The minimum atomic E-state index is -2.38. The van der Waals surface area contributed by atoms with Crippen molar-refractivity contribution in [1.29, 1.82) is 0 Å². The number of hydrogen-bond acceptors (Lipinski definition) is 2. The van der Waals surface area contributed by atoms with Crippen molar-refractivity contribution in [3.63, 3.8) is 0 Å². The summed E-state index contributed by atoms with van der Waals surface area (Å²) in [5, 5.41) is 3.20. The lowest BCUT2D eigenvalue weighted by Crippen LogP contribution is -2.29. The Kier molecular flexibility index (Phi) is 6.83. The van der Waals surface area contributed by atoms with Crippen LogP contribution in [-0.2, 0) is 11.2 Å². The number of benzene rings is 1. The van der Waals surface area contributed by atoms with Gasteiger partial charge in [-0.25, -0.2) is 8.78 Å². The Morgan fingerprint density at radius 3 is 2.61 bits per heavy atom. The van der Waals surface area contributed by atoms with Crippen LogP contribution in [0.5, 0.6) is 0 Å². The quantitative estimate of drug-likeness (QED) is 0.723. The number of hydrogen-bond donors (Lipinski definition) is 1. The van der Waals surface area contributed by atoms with Gasteiger partial charge >= 0.3 is 0 Å². The highest BCUT2D eigenvalue weighted by atomic mass is 19.3. The van der Waals surface area contributed by atoms with E-state index in [0.717, 1.165) is 12.8 Å². The first-order chi connectivity index (χ1) is 8.63. The zero-order chi connectivity index (χ0) is 13.4. The number of nitrogens with one attached hydrogen (secondary N) is 1.